The summed E-state index contributed by atoms with van der Waals surface area (Å²) in [7, 11) is 3.67. The summed E-state index contributed by atoms with van der Waals surface area (Å²) >= 11 is 5.38. The van der Waals surface area contributed by atoms with Crippen LogP contribution in [0.25, 0.3) is 0 Å². The van der Waals surface area contributed by atoms with E-state index in [-0.39, 0.29) is 6.10 Å². The Labute approximate surface area is 137 Å². The van der Waals surface area contributed by atoms with Gasteiger partial charge in [-0.1, -0.05) is 6.07 Å². The number of nitrogens with one attached hydrogen (secondary N) is 1. The monoisotopic (exact) mass is 367 g/mol. The smallest absolute Gasteiger partial charge is 0.135 e. The Morgan fingerprint density at radius 2 is 2.19 bits per heavy atom. The summed E-state index contributed by atoms with van der Waals surface area (Å²) < 4.78 is 12.7. The van der Waals surface area contributed by atoms with Gasteiger partial charge in [-0.25, -0.2) is 0 Å². The van der Waals surface area contributed by atoms with E-state index in [0.717, 1.165) is 22.4 Å². The van der Waals surface area contributed by atoms with Crippen molar-refractivity contribution < 1.29 is 9.47 Å². The molecular formula is C16H18BrNO2S. The van der Waals surface area contributed by atoms with E-state index >= 15 is 0 Å². The number of fused-ring (bicyclic) bond motifs is 1. The number of halogens is 1. The van der Waals surface area contributed by atoms with Gasteiger partial charge in [-0.05, 0) is 42.0 Å². The second-order valence-electron chi connectivity index (χ2n) is 5.14. The highest BCUT2D eigenvalue weighted by atomic mass is 79.9. The molecule has 1 aliphatic heterocycles. The predicted molar refractivity (Wildman–Crippen MR) is 89.5 cm³/mol. The highest BCUT2D eigenvalue weighted by Crippen LogP contribution is 2.44. The molecule has 1 aliphatic rings. The standard InChI is InChI=1S/C16H18BrNO2S/c1-9-12(17)7-16(21-9)15-8-13(18-2)11-5-4-10(19-3)6-14(11)20-15/h4-7,13,15,18H,8H2,1-3H3. The molecule has 0 radical (unpaired) electrons. The molecule has 5 heteroatoms. The Morgan fingerprint density at radius 3 is 2.81 bits per heavy atom. The molecule has 1 aromatic carbocycles. The lowest BCUT2D eigenvalue weighted by molar-refractivity contribution is 0.156. The van der Waals surface area contributed by atoms with Crippen LogP contribution in [0.5, 0.6) is 11.5 Å². The van der Waals surface area contributed by atoms with Crippen LogP contribution in [0.1, 0.15) is 33.9 Å². The summed E-state index contributed by atoms with van der Waals surface area (Å²) in [5.41, 5.74) is 1.20. The first-order valence-electron chi connectivity index (χ1n) is 6.90. The zero-order valence-electron chi connectivity index (χ0n) is 12.3. The molecule has 0 bridgehead atoms. The normalized spacial score (nSPS) is 20.8. The van der Waals surface area contributed by atoms with Gasteiger partial charge in [0.05, 0.1) is 7.11 Å². The maximum absolute atomic E-state index is 6.23. The van der Waals surface area contributed by atoms with Crippen molar-refractivity contribution in [1.82, 2.24) is 5.32 Å². The minimum atomic E-state index is 0.0806. The number of thiophene rings is 1. The number of hydrogen-bond donors (Lipinski definition) is 1. The van der Waals surface area contributed by atoms with E-state index in [1.807, 2.05) is 19.2 Å². The van der Waals surface area contributed by atoms with Crippen molar-refractivity contribution >= 4 is 27.3 Å². The number of hydrogen-bond acceptors (Lipinski definition) is 4. The first-order valence-corrected chi connectivity index (χ1v) is 8.51. The number of ether oxygens (including phenoxy) is 2. The molecule has 21 heavy (non-hydrogen) atoms. The fourth-order valence-electron chi connectivity index (χ4n) is 2.66. The summed E-state index contributed by atoms with van der Waals surface area (Å²) in [4.78, 5) is 2.54. The minimum absolute atomic E-state index is 0.0806. The summed E-state index contributed by atoms with van der Waals surface area (Å²) in [6.07, 6.45) is 1.01. The minimum Gasteiger partial charge on any atom is -0.497 e. The zero-order chi connectivity index (χ0) is 15.0. The second-order valence-corrected chi connectivity index (χ2v) is 7.28. The van der Waals surface area contributed by atoms with Gasteiger partial charge < -0.3 is 14.8 Å². The molecule has 0 amide bonds. The average Bonchev–Trinajstić information content (AvgIpc) is 2.85. The van der Waals surface area contributed by atoms with Gasteiger partial charge in [-0.2, -0.15) is 0 Å². The largest absolute Gasteiger partial charge is 0.497 e. The summed E-state index contributed by atoms with van der Waals surface area (Å²) in [5.74, 6) is 1.74. The molecule has 2 unspecified atom stereocenters. The Balaban J connectivity index is 1.96. The van der Waals surface area contributed by atoms with Crippen molar-refractivity contribution in [3.8, 4) is 11.5 Å². The maximum Gasteiger partial charge on any atom is 0.135 e. The van der Waals surface area contributed by atoms with Crippen LogP contribution >= 0.6 is 27.3 Å². The lowest BCUT2D eigenvalue weighted by Crippen LogP contribution is -2.26. The molecule has 2 aromatic rings. The van der Waals surface area contributed by atoms with Crippen LogP contribution < -0.4 is 14.8 Å². The SMILES string of the molecule is CNC1CC(c2cc(Br)c(C)s2)Oc2cc(OC)ccc21. The van der Waals surface area contributed by atoms with Gasteiger partial charge in [0.25, 0.3) is 0 Å². The molecule has 1 N–H and O–H groups in total. The fourth-order valence-corrected chi connectivity index (χ4v) is 4.27. The Bertz CT molecular complexity index is 636. The molecule has 3 nitrogen and oxygen atoms in total. The van der Waals surface area contributed by atoms with Gasteiger partial charge >= 0.3 is 0 Å². The fraction of sp³-hybridized carbons (Fsp3) is 0.375. The third-order valence-electron chi connectivity index (χ3n) is 3.86. The molecule has 0 saturated heterocycles. The molecule has 0 spiro atoms. The first-order chi connectivity index (χ1) is 10.1. The van der Waals surface area contributed by atoms with Crippen LogP contribution in [0.3, 0.4) is 0 Å². The van der Waals surface area contributed by atoms with Gasteiger partial charge in [0.1, 0.15) is 17.6 Å². The molecule has 3 rings (SSSR count). The van der Waals surface area contributed by atoms with Crippen molar-refractivity contribution in [3.63, 3.8) is 0 Å². The quantitative estimate of drug-likeness (QED) is 0.858. The highest BCUT2D eigenvalue weighted by molar-refractivity contribution is 9.10. The molecule has 2 heterocycles. The predicted octanol–water partition coefficient (Wildman–Crippen LogP) is 4.61. The van der Waals surface area contributed by atoms with Crippen LogP contribution in [0, 0.1) is 6.92 Å². The number of benzene rings is 1. The van der Waals surface area contributed by atoms with Crippen LogP contribution in [0.2, 0.25) is 0 Å². The van der Waals surface area contributed by atoms with Crippen LogP contribution in [-0.2, 0) is 0 Å². The highest BCUT2D eigenvalue weighted by Gasteiger charge is 2.30. The van der Waals surface area contributed by atoms with Crippen molar-refractivity contribution in [3.05, 3.63) is 44.1 Å². The van der Waals surface area contributed by atoms with Gasteiger partial charge in [-0.3, -0.25) is 0 Å². The van der Waals surface area contributed by atoms with Gasteiger partial charge in [-0.15, -0.1) is 11.3 Å². The lowest BCUT2D eigenvalue weighted by atomic mass is 9.96. The van der Waals surface area contributed by atoms with Crippen molar-refractivity contribution in [2.24, 2.45) is 0 Å². The molecule has 0 aliphatic carbocycles. The molecular weight excluding hydrogens is 350 g/mol. The molecule has 2 atom stereocenters. The van der Waals surface area contributed by atoms with Crippen molar-refractivity contribution in [1.29, 1.82) is 0 Å². The third-order valence-corrected chi connectivity index (χ3v) is 6.09. The number of rotatable bonds is 3. The van der Waals surface area contributed by atoms with E-state index in [2.05, 4.69) is 40.3 Å². The molecule has 0 fully saturated rings. The number of methoxy groups -OCH3 is 1. The van der Waals surface area contributed by atoms with E-state index in [1.165, 1.54) is 15.3 Å². The Kier molecular flexibility index (Phi) is 4.24. The number of aryl methyl sites for hydroxylation is 1. The molecule has 1 aromatic heterocycles. The van der Waals surface area contributed by atoms with Crippen molar-refractivity contribution in [2.45, 2.75) is 25.5 Å². The summed E-state index contributed by atoms with van der Waals surface area (Å²) in [6, 6.07) is 8.51. The van der Waals surface area contributed by atoms with Crippen LogP contribution in [0.15, 0.2) is 28.7 Å². The van der Waals surface area contributed by atoms with Gasteiger partial charge in [0.15, 0.2) is 0 Å². The molecule has 112 valence electrons. The van der Waals surface area contributed by atoms with E-state index < -0.39 is 0 Å². The van der Waals surface area contributed by atoms with Gasteiger partial charge in [0.2, 0.25) is 0 Å². The van der Waals surface area contributed by atoms with Crippen LogP contribution in [-0.4, -0.2) is 14.2 Å². The van der Waals surface area contributed by atoms with E-state index in [0.29, 0.717) is 6.04 Å². The average molecular weight is 368 g/mol. The van der Waals surface area contributed by atoms with E-state index in [1.54, 1.807) is 18.4 Å². The Hall–Kier alpha value is -1.04. The molecule has 0 saturated carbocycles. The van der Waals surface area contributed by atoms with Gasteiger partial charge in [0, 0.05) is 38.3 Å². The van der Waals surface area contributed by atoms with Crippen molar-refractivity contribution in [2.75, 3.05) is 14.2 Å². The third kappa shape index (κ3) is 2.82. The van der Waals surface area contributed by atoms with E-state index in [9.17, 15) is 0 Å². The Morgan fingerprint density at radius 1 is 1.38 bits per heavy atom. The summed E-state index contributed by atoms with van der Waals surface area (Å²) in [5, 5.41) is 3.39. The van der Waals surface area contributed by atoms with Crippen LogP contribution in [0.4, 0.5) is 0 Å². The first kappa shape index (κ1) is 14.9. The summed E-state index contributed by atoms with van der Waals surface area (Å²) in [6.45, 7) is 2.12. The van der Waals surface area contributed by atoms with E-state index in [4.69, 9.17) is 9.47 Å². The second kappa shape index (κ2) is 5.99. The lowest BCUT2D eigenvalue weighted by Gasteiger charge is -2.31. The topological polar surface area (TPSA) is 30.5 Å². The maximum atomic E-state index is 6.23. The zero-order valence-corrected chi connectivity index (χ0v) is 14.7.